The highest BCUT2D eigenvalue weighted by atomic mass is 14.4. The van der Waals surface area contributed by atoms with Crippen molar-refractivity contribution in [1.82, 2.24) is 0 Å². The molecule has 2 aliphatic rings. The molecule has 0 N–H and O–H groups in total. The zero-order chi connectivity index (χ0) is 10.6. The standard InChI is InChI=1S/C15H18/c1-15(2,3)12-6-7-13-10-4-5-11(8-10)14(13)9-12/h4-7,9-11H,8H2,1-3H3. The van der Waals surface area contributed by atoms with Gasteiger partial charge >= 0.3 is 0 Å². The lowest BCUT2D eigenvalue weighted by Gasteiger charge is -2.21. The zero-order valence-corrected chi connectivity index (χ0v) is 9.75. The van der Waals surface area contributed by atoms with Crippen LogP contribution < -0.4 is 0 Å². The molecular formula is C15H18. The number of benzene rings is 1. The molecular weight excluding hydrogens is 180 g/mol. The molecule has 15 heavy (non-hydrogen) atoms. The highest BCUT2D eigenvalue weighted by Gasteiger charge is 2.33. The van der Waals surface area contributed by atoms with E-state index in [9.17, 15) is 0 Å². The first-order valence-corrected chi connectivity index (χ1v) is 5.88. The Kier molecular flexibility index (Phi) is 1.69. The number of allylic oxidation sites excluding steroid dienone is 2. The van der Waals surface area contributed by atoms with Gasteiger partial charge in [-0.1, -0.05) is 51.1 Å². The Morgan fingerprint density at radius 3 is 2.33 bits per heavy atom. The summed E-state index contributed by atoms with van der Waals surface area (Å²) in [6.45, 7) is 6.87. The quantitative estimate of drug-likeness (QED) is 0.550. The second kappa shape index (κ2) is 2.75. The SMILES string of the molecule is CC(C)(C)c1ccc2c(c1)C1C=CC2C1. The summed E-state index contributed by atoms with van der Waals surface area (Å²) in [5.41, 5.74) is 4.92. The third kappa shape index (κ3) is 1.27. The van der Waals surface area contributed by atoms with Gasteiger partial charge in [-0.15, -0.1) is 0 Å². The summed E-state index contributed by atoms with van der Waals surface area (Å²) in [7, 11) is 0. The van der Waals surface area contributed by atoms with Crippen LogP contribution in [0.4, 0.5) is 0 Å². The van der Waals surface area contributed by atoms with E-state index < -0.39 is 0 Å². The molecule has 0 radical (unpaired) electrons. The van der Waals surface area contributed by atoms with Crippen LogP contribution in [0, 0.1) is 0 Å². The minimum Gasteiger partial charge on any atom is -0.0804 e. The van der Waals surface area contributed by atoms with E-state index in [2.05, 4.69) is 51.1 Å². The van der Waals surface area contributed by atoms with Crippen molar-refractivity contribution in [2.45, 2.75) is 44.4 Å². The smallest absolute Gasteiger partial charge is 0.00300 e. The van der Waals surface area contributed by atoms with Gasteiger partial charge in [0.25, 0.3) is 0 Å². The average Bonchev–Trinajstić information content (AvgIpc) is 2.76. The van der Waals surface area contributed by atoms with Crippen molar-refractivity contribution >= 4 is 0 Å². The van der Waals surface area contributed by atoms with Crippen molar-refractivity contribution in [1.29, 1.82) is 0 Å². The largest absolute Gasteiger partial charge is 0.0804 e. The first-order valence-electron chi connectivity index (χ1n) is 5.88. The van der Waals surface area contributed by atoms with Crippen LogP contribution >= 0.6 is 0 Å². The van der Waals surface area contributed by atoms with Crippen LogP contribution in [0.15, 0.2) is 30.4 Å². The molecule has 78 valence electrons. The maximum Gasteiger partial charge on any atom is 0.00300 e. The Morgan fingerprint density at radius 2 is 1.67 bits per heavy atom. The molecule has 0 saturated heterocycles. The maximum atomic E-state index is 2.43. The highest BCUT2D eigenvalue weighted by Crippen LogP contribution is 2.49. The van der Waals surface area contributed by atoms with Crippen molar-refractivity contribution in [3.05, 3.63) is 47.0 Å². The van der Waals surface area contributed by atoms with Gasteiger partial charge < -0.3 is 0 Å². The van der Waals surface area contributed by atoms with Crippen LogP contribution in [0.5, 0.6) is 0 Å². The molecule has 2 atom stereocenters. The Morgan fingerprint density at radius 1 is 1.00 bits per heavy atom. The Labute approximate surface area is 92.0 Å². The summed E-state index contributed by atoms with van der Waals surface area (Å²) in [5.74, 6) is 1.44. The van der Waals surface area contributed by atoms with E-state index in [1.54, 1.807) is 11.1 Å². The first kappa shape index (κ1) is 9.21. The monoisotopic (exact) mass is 198 g/mol. The van der Waals surface area contributed by atoms with Gasteiger partial charge in [-0.05, 0) is 28.5 Å². The minimum absolute atomic E-state index is 0.278. The second-order valence-electron chi connectivity index (χ2n) is 5.93. The second-order valence-corrected chi connectivity index (χ2v) is 5.93. The Bertz CT molecular complexity index is 432. The van der Waals surface area contributed by atoms with E-state index in [-0.39, 0.29) is 5.41 Å². The molecule has 0 heterocycles. The third-order valence-electron chi connectivity index (χ3n) is 3.84. The molecule has 0 nitrogen and oxygen atoms in total. The molecule has 3 rings (SSSR count). The zero-order valence-electron chi connectivity index (χ0n) is 9.75. The molecule has 2 unspecified atom stereocenters. The minimum atomic E-state index is 0.278. The van der Waals surface area contributed by atoms with Crippen LogP contribution in [0.25, 0.3) is 0 Å². The highest BCUT2D eigenvalue weighted by molar-refractivity contribution is 5.50. The van der Waals surface area contributed by atoms with Gasteiger partial charge in [-0.25, -0.2) is 0 Å². The lowest BCUT2D eigenvalue weighted by molar-refractivity contribution is 0.589. The fraction of sp³-hybridized carbons (Fsp3) is 0.467. The third-order valence-corrected chi connectivity index (χ3v) is 3.84. The van der Waals surface area contributed by atoms with Gasteiger partial charge in [0.15, 0.2) is 0 Å². The predicted octanol–water partition coefficient (Wildman–Crippen LogP) is 4.12. The van der Waals surface area contributed by atoms with Gasteiger partial charge in [0.05, 0.1) is 0 Å². The summed E-state index contributed by atoms with van der Waals surface area (Å²) in [6.07, 6.45) is 6.09. The van der Waals surface area contributed by atoms with Gasteiger partial charge in [-0.2, -0.15) is 0 Å². The van der Waals surface area contributed by atoms with Crippen LogP contribution in [0.2, 0.25) is 0 Å². The van der Waals surface area contributed by atoms with Crippen LogP contribution in [0.1, 0.15) is 55.7 Å². The Hall–Kier alpha value is -1.04. The van der Waals surface area contributed by atoms with Crippen molar-refractivity contribution in [2.75, 3.05) is 0 Å². The van der Waals surface area contributed by atoms with Crippen molar-refractivity contribution in [3.63, 3.8) is 0 Å². The normalized spacial score (nSPS) is 27.1. The maximum absolute atomic E-state index is 2.43. The summed E-state index contributed by atoms with van der Waals surface area (Å²) in [5, 5.41) is 0. The predicted molar refractivity (Wildman–Crippen MR) is 64.4 cm³/mol. The van der Waals surface area contributed by atoms with Crippen molar-refractivity contribution in [3.8, 4) is 0 Å². The molecule has 0 aromatic heterocycles. The van der Waals surface area contributed by atoms with Crippen LogP contribution in [-0.2, 0) is 5.41 Å². The average molecular weight is 198 g/mol. The molecule has 0 amide bonds. The summed E-state index contributed by atoms with van der Waals surface area (Å²) < 4.78 is 0. The molecule has 0 saturated carbocycles. The summed E-state index contributed by atoms with van der Waals surface area (Å²) >= 11 is 0. The molecule has 2 aliphatic carbocycles. The van der Waals surface area contributed by atoms with Gasteiger partial charge in [-0.3, -0.25) is 0 Å². The van der Waals surface area contributed by atoms with E-state index in [0.29, 0.717) is 5.92 Å². The fourth-order valence-corrected chi connectivity index (χ4v) is 2.86. The topological polar surface area (TPSA) is 0 Å². The van der Waals surface area contributed by atoms with Crippen LogP contribution in [-0.4, -0.2) is 0 Å². The van der Waals surface area contributed by atoms with Crippen molar-refractivity contribution < 1.29 is 0 Å². The molecule has 1 aromatic rings. The lowest BCUT2D eigenvalue weighted by Crippen LogP contribution is -2.12. The van der Waals surface area contributed by atoms with Gasteiger partial charge in [0, 0.05) is 11.8 Å². The van der Waals surface area contributed by atoms with E-state index in [0.717, 1.165) is 5.92 Å². The molecule has 0 spiro atoms. The number of rotatable bonds is 0. The molecule has 2 bridgehead atoms. The molecule has 0 heteroatoms. The molecule has 1 aromatic carbocycles. The van der Waals surface area contributed by atoms with E-state index in [1.807, 2.05) is 0 Å². The van der Waals surface area contributed by atoms with E-state index in [1.165, 1.54) is 12.0 Å². The number of fused-ring (bicyclic) bond motifs is 5. The first-order chi connectivity index (χ1) is 7.05. The lowest BCUT2D eigenvalue weighted by atomic mass is 9.83. The van der Waals surface area contributed by atoms with Crippen molar-refractivity contribution in [2.24, 2.45) is 0 Å². The van der Waals surface area contributed by atoms with E-state index >= 15 is 0 Å². The summed E-state index contributed by atoms with van der Waals surface area (Å²) in [6, 6.07) is 7.10. The molecule has 0 aliphatic heterocycles. The number of hydrogen-bond acceptors (Lipinski definition) is 0. The Balaban J connectivity index is 2.10. The fourth-order valence-electron chi connectivity index (χ4n) is 2.86. The van der Waals surface area contributed by atoms with Crippen LogP contribution in [0.3, 0.4) is 0 Å². The number of hydrogen-bond donors (Lipinski definition) is 0. The van der Waals surface area contributed by atoms with Gasteiger partial charge in [0.2, 0.25) is 0 Å². The van der Waals surface area contributed by atoms with E-state index in [4.69, 9.17) is 0 Å². The molecule has 0 fully saturated rings. The summed E-state index contributed by atoms with van der Waals surface area (Å²) in [4.78, 5) is 0. The van der Waals surface area contributed by atoms with Gasteiger partial charge in [0.1, 0.15) is 0 Å².